The predicted octanol–water partition coefficient (Wildman–Crippen LogP) is 3.54. The van der Waals surface area contributed by atoms with Gasteiger partial charge in [-0.05, 0) is 77.6 Å². The van der Waals surface area contributed by atoms with Gasteiger partial charge in [-0.15, -0.1) is 0 Å². The first kappa shape index (κ1) is 15.0. The Balaban J connectivity index is 1.86. The monoisotopic (exact) mass is 320 g/mol. The normalized spacial score (nSPS) is 19.4. The lowest BCUT2D eigenvalue weighted by Crippen LogP contribution is -2.25. The Bertz CT molecular complexity index is 996. The Hall–Kier alpha value is -3.60. The Morgan fingerprint density at radius 2 is 0.960 bits per heavy atom. The van der Waals surface area contributed by atoms with Crippen LogP contribution in [-0.4, -0.2) is 0 Å². The Labute approximate surface area is 145 Å². The van der Waals surface area contributed by atoms with Crippen molar-refractivity contribution in [1.29, 1.82) is 21.0 Å². The molecule has 0 saturated carbocycles. The molecule has 0 saturated heterocycles. The fraction of sp³-hybridized carbons (Fsp3) is 0.238. The van der Waals surface area contributed by atoms with Gasteiger partial charge in [0.15, 0.2) is 0 Å². The minimum atomic E-state index is 0.292. The number of benzene rings is 2. The summed E-state index contributed by atoms with van der Waals surface area (Å²) in [7, 11) is 0. The molecule has 4 heteroatoms. The van der Waals surface area contributed by atoms with Gasteiger partial charge in [0.2, 0.25) is 0 Å². The van der Waals surface area contributed by atoms with Crippen molar-refractivity contribution in [2.75, 3.05) is 0 Å². The fourth-order valence-electron chi connectivity index (χ4n) is 4.32. The van der Waals surface area contributed by atoms with Crippen molar-refractivity contribution >= 4 is 0 Å². The van der Waals surface area contributed by atoms with E-state index in [4.69, 9.17) is 0 Å². The van der Waals surface area contributed by atoms with E-state index >= 15 is 0 Å². The highest BCUT2D eigenvalue weighted by Gasteiger charge is 2.35. The summed E-state index contributed by atoms with van der Waals surface area (Å²) in [6.07, 6.45) is 2.58. The van der Waals surface area contributed by atoms with Gasteiger partial charge in [0.1, 0.15) is 24.3 Å². The van der Waals surface area contributed by atoms with E-state index < -0.39 is 0 Å². The predicted molar refractivity (Wildman–Crippen MR) is 89.3 cm³/mol. The van der Waals surface area contributed by atoms with Crippen molar-refractivity contribution in [3.63, 3.8) is 0 Å². The van der Waals surface area contributed by atoms with Crippen molar-refractivity contribution in [3.05, 3.63) is 68.8 Å². The second kappa shape index (κ2) is 5.49. The lowest BCUT2D eigenvalue weighted by molar-refractivity contribution is 0.457. The summed E-state index contributed by atoms with van der Waals surface area (Å²) in [6, 6.07) is 15.9. The molecule has 4 rings (SSSR count). The van der Waals surface area contributed by atoms with E-state index in [9.17, 15) is 21.0 Å². The van der Waals surface area contributed by atoms with E-state index in [1.165, 1.54) is 0 Å². The van der Waals surface area contributed by atoms with E-state index in [2.05, 4.69) is 24.3 Å². The Morgan fingerprint density at radius 1 is 0.600 bits per heavy atom. The van der Waals surface area contributed by atoms with Crippen LogP contribution < -0.4 is 0 Å². The SMILES string of the molecule is N#Cc1cc2c(cc1C#N)C1Cc3cc(C#N)c(C#N)cc3C(C2)C1. The maximum absolute atomic E-state index is 9.29. The Morgan fingerprint density at radius 3 is 1.32 bits per heavy atom. The number of hydrogen-bond acceptors (Lipinski definition) is 4. The highest BCUT2D eigenvalue weighted by molar-refractivity contribution is 5.57. The van der Waals surface area contributed by atoms with Gasteiger partial charge in [0, 0.05) is 0 Å². The molecule has 0 heterocycles. The Kier molecular flexibility index (Phi) is 3.28. The maximum Gasteiger partial charge on any atom is 0.101 e. The number of rotatable bonds is 0. The molecule has 0 N–H and O–H groups in total. The van der Waals surface area contributed by atoms with Gasteiger partial charge in [0.05, 0.1) is 22.3 Å². The number of nitrogens with zero attached hydrogens (tertiary/aromatic N) is 4. The smallest absolute Gasteiger partial charge is 0.101 e. The largest absolute Gasteiger partial charge is 0.192 e. The molecule has 25 heavy (non-hydrogen) atoms. The molecule has 2 unspecified atom stereocenters. The quantitative estimate of drug-likeness (QED) is 0.741. The van der Waals surface area contributed by atoms with Crippen LogP contribution in [0.5, 0.6) is 0 Å². The molecule has 4 nitrogen and oxygen atoms in total. The molecule has 0 spiro atoms. The van der Waals surface area contributed by atoms with Crippen LogP contribution in [-0.2, 0) is 12.8 Å². The van der Waals surface area contributed by atoms with Crippen molar-refractivity contribution < 1.29 is 0 Å². The summed E-state index contributed by atoms with van der Waals surface area (Å²) >= 11 is 0. The molecule has 2 bridgehead atoms. The highest BCUT2D eigenvalue weighted by atomic mass is 14.4. The van der Waals surface area contributed by atoms with Crippen molar-refractivity contribution in [2.24, 2.45) is 0 Å². The van der Waals surface area contributed by atoms with Crippen LogP contribution in [0.1, 0.15) is 62.8 Å². The first-order valence-electron chi connectivity index (χ1n) is 8.12. The highest BCUT2D eigenvalue weighted by Crippen LogP contribution is 2.48. The second-order valence-electron chi connectivity index (χ2n) is 6.68. The average molecular weight is 320 g/mol. The molecule has 0 fully saturated rings. The molecule has 2 aliphatic rings. The average Bonchev–Trinajstić information content (AvgIpc) is 2.66. The van der Waals surface area contributed by atoms with E-state index in [1.54, 1.807) is 0 Å². The van der Waals surface area contributed by atoms with E-state index in [0.717, 1.165) is 41.5 Å². The lowest BCUT2D eigenvalue weighted by atomic mass is 9.66. The maximum atomic E-state index is 9.29. The lowest BCUT2D eigenvalue weighted by Gasteiger charge is -2.38. The van der Waals surface area contributed by atoms with Crippen LogP contribution in [0.15, 0.2) is 24.3 Å². The summed E-state index contributed by atoms with van der Waals surface area (Å²) in [5.41, 5.74) is 6.29. The van der Waals surface area contributed by atoms with Crippen LogP contribution in [0.4, 0.5) is 0 Å². The summed E-state index contributed by atoms with van der Waals surface area (Å²) in [5, 5.41) is 37.1. The molecule has 0 amide bonds. The van der Waals surface area contributed by atoms with Gasteiger partial charge in [0.25, 0.3) is 0 Å². The van der Waals surface area contributed by atoms with Gasteiger partial charge in [-0.1, -0.05) is 0 Å². The molecule has 116 valence electrons. The molecule has 2 atom stereocenters. The first-order chi connectivity index (χ1) is 12.2. The molecule has 2 aromatic carbocycles. The van der Waals surface area contributed by atoms with Crippen LogP contribution in [0.25, 0.3) is 0 Å². The minimum absolute atomic E-state index is 0.292. The summed E-state index contributed by atoms with van der Waals surface area (Å²) in [6.45, 7) is 0. The number of fused-ring (bicyclic) bond motifs is 6. The van der Waals surface area contributed by atoms with Crippen LogP contribution in [0.2, 0.25) is 0 Å². The third-order valence-electron chi connectivity index (χ3n) is 5.42. The molecule has 0 aromatic heterocycles. The van der Waals surface area contributed by atoms with E-state index in [-0.39, 0.29) is 0 Å². The molecule has 2 aromatic rings. The topological polar surface area (TPSA) is 95.2 Å². The van der Waals surface area contributed by atoms with Crippen molar-refractivity contribution in [2.45, 2.75) is 31.1 Å². The second-order valence-corrected chi connectivity index (χ2v) is 6.68. The van der Waals surface area contributed by atoms with E-state index in [0.29, 0.717) is 34.1 Å². The standard InChI is InChI=1S/C21H12N4/c22-8-16-4-14-2-12-1-13(21(14)7-19(16)11-25)3-15-5-17(9-23)18(10-24)6-20(12)15/h4-7,12-13H,1-3H2. The first-order valence-corrected chi connectivity index (χ1v) is 8.12. The molecule has 0 radical (unpaired) electrons. The number of hydrogen-bond donors (Lipinski definition) is 0. The number of nitriles is 4. The zero-order chi connectivity index (χ0) is 17.6. The van der Waals surface area contributed by atoms with Crippen molar-refractivity contribution in [1.82, 2.24) is 0 Å². The minimum Gasteiger partial charge on any atom is -0.192 e. The molecule has 0 aliphatic heterocycles. The summed E-state index contributed by atoms with van der Waals surface area (Å²) < 4.78 is 0. The van der Waals surface area contributed by atoms with Gasteiger partial charge >= 0.3 is 0 Å². The van der Waals surface area contributed by atoms with Gasteiger partial charge < -0.3 is 0 Å². The van der Waals surface area contributed by atoms with Crippen LogP contribution >= 0.6 is 0 Å². The zero-order valence-corrected chi connectivity index (χ0v) is 13.4. The molecular weight excluding hydrogens is 308 g/mol. The van der Waals surface area contributed by atoms with Crippen LogP contribution in [0, 0.1) is 45.3 Å². The zero-order valence-electron chi connectivity index (χ0n) is 13.4. The van der Waals surface area contributed by atoms with E-state index in [1.807, 2.05) is 24.3 Å². The van der Waals surface area contributed by atoms with Gasteiger partial charge in [-0.3, -0.25) is 0 Å². The van der Waals surface area contributed by atoms with Crippen molar-refractivity contribution in [3.8, 4) is 24.3 Å². The molecular formula is C21H12N4. The van der Waals surface area contributed by atoms with Gasteiger partial charge in [-0.25, -0.2) is 0 Å². The third kappa shape index (κ3) is 2.17. The van der Waals surface area contributed by atoms with Gasteiger partial charge in [-0.2, -0.15) is 21.0 Å². The molecule has 2 aliphatic carbocycles. The fourth-order valence-corrected chi connectivity index (χ4v) is 4.32. The van der Waals surface area contributed by atoms with Crippen LogP contribution in [0.3, 0.4) is 0 Å². The third-order valence-corrected chi connectivity index (χ3v) is 5.42. The summed E-state index contributed by atoms with van der Waals surface area (Å²) in [4.78, 5) is 0. The summed E-state index contributed by atoms with van der Waals surface area (Å²) in [5.74, 6) is 0.584.